The third kappa shape index (κ3) is 4.31. The number of aromatic nitrogens is 3. The Morgan fingerprint density at radius 3 is 2.54 bits per heavy atom. The molecule has 1 aromatic carbocycles. The molecule has 0 atom stereocenters. The lowest BCUT2D eigenvalue weighted by Gasteiger charge is -2.19. The first-order chi connectivity index (χ1) is 12.2. The van der Waals surface area contributed by atoms with Crippen LogP contribution in [0.4, 0.5) is 5.69 Å². The van der Waals surface area contributed by atoms with E-state index in [0.717, 1.165) is 5.69 Å². The SMILES string of the molecule is CC(C)(C)c1ccc(NC(=O)CSc2nnc3c(Cl)cc(Cl)cn23)cc1. The Hall–Kier alpha value is -1.76. The smallest absolute Gasteiger partial charge is 0.234 e. The Morgan fingerprint density at radius 1 is 1.19 bits per heavy atom. The van der Waals surface area contributed by atoms with E-state index >= 15 is 0 Å². The van der Waals surface area contributed by atoms with Crippen LogP contribution in [0.5, 0.6) is 0 Å². The fourth-order valence-electron chi connectivity index (χ4n) is 2.38. The van der Waals surface area contributed by atoms with Crippen molar-refractivity contribution in [3.05, 3.63) is 52.1 Å². The first-order valence-electron chi connectivity index (χ1n) is 7.97. The van der Waals surface area contributed by atoms with Crippen molar-refractivity contribution in [2.75, 3.05) is 11.1 Å². The first kappa shape index (κ1) is 19.0. The van der Waals surface area contributed by atoms with Crippen molar-refractivity contribution in [1.29, 1.82) is 0 Å². The highest BCUT2D eigenvalue weighted by Crippen LogP contribution is 2.26. The quantitative estimate of drug-likeness (QED) is 0.612. The van der Waals surface area contributed by atoms with E-state index in [9.17, 15) is 4.79 Å². The maximum atomic E-state index is 12.2. The summed E-state index contributed by atoms with van der Waals surface area (Å²) in [6, 6.07) is 9.48. The summed E-state index contributed by atoms with van der Waals surface area (Å²) in [6.07, 6.45) is 1.67. The van der Waals surface area contributed by atoms with Gasteiger partial charge in [-0.25, -0.2) is 0 Å². The molecule has 136 valence electrons. The van der Waals surface area contributed by atoms with Crippen LogP contribution in [-0.4, -0.2) is 26.3 Å². The highest BCUT2D eigenvalue weighted by atomic mass is 35.5. The predicted molar refractivity (Wildman–Crippen MR) is 108 cm³/mol. The van der Waals surface area contributed by atoms with Crippen molar-refractivity contribution in [2.45, 2.75) is 31.3 Å². The molecule has 3 aromatic rings. The van der Waals surface area contributed by atoms with Gasteiger partial charge in [0.05, 0.1) is 15.8 Å². The van der Waals surface area contributed by atoms with Crippen LogP contribution in [0.3, 0.4) is 0 Å². The minimum Gasteiger partial charge on any atom is -0.325 e. The zero-order valence-electron chi connectivity index (χ0n) is 14.6. The number of nitrogens with one attached hydrogen (secondary N) is 1. The molecule has 0 fully saturated rings. The van der Waals surface area contributed by atoms with Crippen molar-refractivity contribution in [3.63, 3.8) is 0 Å². The van der Waals surface area contributed by atoms with Crippen molar-refractivity contribution in [1.82, 2.24) is 14.6 Å². The van der Waals surface area contributed by atoms with Gasteiger partial charge in [0.1, 0.15) is 0 Å². The maximum Gasteiger partial charge on any atom is 0.234 e. The summed E-state index contributed by atoms with van der Waals surface area (Å²) in [6.45, 7) is 6.45. The van der Waals surface area contributed by atoms with Crippen LogP contribution < -0.4 is 5.32 Å². The van der Waals surface area contributed by atoms with Crippen molar-refractivity contribution in [3.8, 4) is 0 Å². The average Bonchev–Trinajstić information content (AvgIpc) is 2.96. The van der Waals surface area contributed by atoms with E-state index < -0.39 is 0 Å². The molecule has 0 radical (unpaired) electrons. The van der Waals surface area contributed by atoms with E-state index in [-0.39, 0.29) is 17.1 Å². The average molecular weight is 409 g/mol. The fraction of sp³-hybridized carbons (Fsp3) is 0.278. The van der Waals surface area contributed by atoms with E-state index in [4.69, 9.17) is 23.2 Å². The molecule has 0 saturated carbocycles. The molecular weight excluding hydrogens is 391 g/mol. The van der Waals surface area contributed by atoms with Crippen LogP contribution in [0.1, 0.15) is 26.3 Å². The molecule has 0 saturated heterocycles. The zero-order chi connectivity index (χ0) is 18.9. The number of thioether (sulfide) groups is 1. The Bertz CT molecular complexity index is 948. The molecule has 1 N–H and O–H groups in total. The van der Waals surface area contributed by atoms with Gasteiger partial charge in [-0.2, -0.15) is 0 Å². The van der Waals surface area contributed by atoms with E-state index in [1.165, 1.54) is 17.3 Å². The molecule has 3 rings (SSSR count). The number of hydrogen-bond acceptors (Lipinski definition) is 4. The number of carbonyl (C=O) groups is 1. The Kier molecular flexibility index (Phi) is 5.46. The van der Waals surface area contributed by atoms with Gasteiger partial charge in [0.25, 0.3) is 0 Å². The van der Waals surface area contributed by atoms with Crippen molar-refractivity contribution >= 4 is 52.2 Å². The molecule has 0 aliphatic carbocycles. The summed E-state index contributed by atoms with van der Waals surface area (Å²) in [4.78, 5) is 12.2. The van der Waals surface area contributed by atoms with Gasteiger partial charge in [0.15, 0.2) is 10.8 Å². The number of carbonyl (C=O) groups excluding carboxylic acids is 1. The van der Waals surface area contributed by atoms with E-state index in [1.807, 2.05) is 24.3 Å². The second-order valence-electron chi connectivity index (χ2n) is 6.85. The second kappa shape index (κ2) is 7.47. The summed E-state index contributed by atoms with van der Waals surface area (Å²) in [7, 11) is 0. The summed E-state index contributed by atoms with van der Waals surface area (Å²) in [5.74, 6) is 0.0785. The third-order valence-electron chi connectivity index (χ3n) is 3.76. The van der Waals surface area contributed by atoms with Gasteiger partial charge in [0.2, 0.25) is 5.91 Å². The minimum atomic E-state index is -0.122. The molecule has 1 amide bonds. The van der Waals surface area contributed by atoms with E-state index in [1.54, 1.807) is 16.7 Å². The number of fused-ring (bicyclic) bond motifs is 1. The lowest BCUT2D eigenvalue weighted by Crippen LogP contribution is -2.15. The molecular formula is C18H18Cl2N4OS. The van der Waals surface area contributed by atoms with Crippen molar-refractivity contribution in [2.24, 2.45) is 0 Å². The fourth-order valence-corrected chi connectivity index (χ4v) is 3.60. The number of rotatable bonds is 4. The monoisotopic (exact) mass is 408 g/mol. The summed E-state index contributed by atoms with van der Waals surface area (Å²) in [5.41, 5.74) is 2.57. The number of nitrogens with zero attached hydrogens (tertiary/aromatic N) is 3. The topological polar surface area (TPSA) is 59.3 Å². The highest BCUT2D eigenvalue weighted by Gasteiger charge is 2.14. The molecule has 8 heteroatoms. The van der Waals surface area contributed by atoms with Gasteiger partial charge in [-0.05, 0) is 29.2 Å². The summed E-state index contributed by atoms with van der Waals surface area (Å²) in [5, 5.41) is 12.4. The Labute approximate surface area is 166 Å². The first-order valence-corrected chi connectivity index (χ1v) is 9.71. The van der Waals surface area contributed by atoms with Crippen LogP contribution >= 0.6 is 35.0 Å². The van der Waals surface area contributed by atoms with Gasteiger partial charge < -0.3 is 5.32 Å². The van der Waals surface area contributed by atoms with Crippen LogP contribution in [0.2, 0.25) is 10.0 Å². The second-order valence-corrected chi connectivity index (χ2v) is 8.63. The number of hydrogen-bond donors (Lipinski definition) is 1. The van der Waals surface area contributed by atoms with Crippen molar-refractivity contribution < 1.29 is 4.79 Å². The molecule has 2 heterocycles. The van der Waals surface area contributed by atoms with Gasteiger partial charge in [0, 0.05) is 11.9 Å². The van der Waals surface area contributed by atoms with Crippen LogP contribution in [0.15, 0.2) is 41.7 Å². The maximum absolute atomic E-state index is 12.2. The Morgan fingerprint density at radius 2 is 1.88 bits per heavy atom. The van der Waals surface area contributed by atoms with Gasteiger partial charge in [-0.15, -0.1) is 10.2 Å². The summed E-state index contributed by atoms with van der Waals surface area (Å²) >= 11 is 13.4. The molecule has 0 aliphatic rings. The largest absolute Gasteiger partial charge is 0.325 e. The third-order valence-corrected chi connectivity index (χ3v) is 5.19. The molecule has 0 aliphatic heterocycles. The molecule has 0 unspecified atom stereocenters. The number of pyridine rings is 1. The minimum absolute atomic E-state index is 0.0790. The van der Waals surface area contributed by atoms with E-state index in [2.05, 4.69) is 36.3 Å². The highest BCUT2D eigenvalue weighted by molar-refractivity contribution is 7.99. The predicted octanol–water partition coefficient (Wildman–Crippen LogP) is 5.06. The molecule has 26 heavy (non-hydrogen) atoms. The number of anilines is 1. The summed E-state index contributed by atoms with van der Waals surface area (Å²) < 4.78 is 1.68. The molecule has 0 spiro atoms. The lowest BCUT2D eigenvalue weighted by atomic mass is 9.87. The standard InChI is InChI=1S/C18H18Cl2N4OS/c1-18(2,3)11-4-6-13(7-5-11)21-15(25)10-26-17-23-22-16-14(20)8-12(19)9-24(16)17/h4-9H,10H2,1-3H3,(H,21,25). The number of halogens is 2. The van der Waals surface area contributed by atoms with Crippen LogP contribution in [0, 0.1) is 0 Å². The normalized spacial score (nSPS) is 11.7. The number of benzene rings is 1. The van der Waals surface area contributed by atoms with Gasteiger partial charge >= 0.3 is 0 Å². The lowest BCUT2D eigenvalue weighted by molar-refractivity contribution is -0.113. The molecule has 0 bridgehead atoms. The zero-order valence-corrected chi connectivity index (χ0v) is 16.9. The molecule has 2 aromatic heterocycles. The van der Waals surface area contributed by atoms with Gasteiger partial charge in [-0.1, -0.05) is 67.9 Å². The number of amides is 1. The molecule has 5 nitrogen and oxygen atoms in total. The van der Waals surface area contributed by atoms with Crippen LogP contribution in [-0.2, 0) is 10.2 Å². The van der Waals surface area contributed by atoms with Crippen LogP contribution in [0.25, 0.3) is 5.65 Å². The van der Waals surface area contributed by atoms with E-state index in [0.29, 0.717) is 20.8 Å². The Balaban J connectivity index is 1.64. The van der Waals surface area contributed by atoms with Gasteiger partial charge in [-0.3, -0.25) is 9.20 Å².